The van der Waals surface area contributed by atoms with E-state index in [0.29, 0.717) is 13.2 Å². The summed E-state index contributed by atoms with van der Waals surface area (Å²) in [6, 6.07) is 25.2. The molecule has 2 saturated heterocycles. The lowest BCUT2D eigenvalue weighted by Crippen LogP contribution is -2.25. The van der Waals surface area contributed by atoms with E-state index in [0.717, 1.165) is 107 Å². The first kappa shape index (κ1) is 35.7. The van der Waals surface area contributed by atoms with E-state index in [9.17, 15) is 0 Å². The van der Waals surface area contributed by atoms with Crippen LogP contribution in [0.25, 0.3) is 0 Å². The van der Waals surface area contributed by atoms with Crippen LogP contribution in [0, 0.1) is 14.3 Å². The highest BCUT2D eigenvalue weighted by Gasteiger charge is 2.20. The minimum Gasteiger partial charge on any atom is -0.489 e. The lowest BCUT2D eigenvalue weighted by Gasteiger charge is -2.24. The second-order valence-corrected chi connectivity index (χ2v) is 16.3. The zero-order valence-corrected chi connectivity index (χ0v) is 34.5. The average Bonchev–Trinajstić information content (AvgIpc) is 3.08. The monoisotopic (exact) mass is 1080 g/mol. The van der Waals surface area contributed by atoms with E-state index < -0.39 is 0 Å². The first-order valence-corrected chi connectivity index (χ1v) is 20.2. The third kappa shape index (κ3) is 10.5. The fourth-order valence-corrected chi connectivity index (χ4v) is 9.77. The quantitative estimate of drug-likeness (QED) is 0.132. The largest absolute Gasteiger partial charge is 0.489 e. The van der Waals surface area contributed by atoms with Gasteiger partial charge in [0.2, 0.25) is 0 Å². The van der Waals surface area contributed by atoms with Crippen LogP contribution >= 0.6 is 90.4 Å². The van der Waals surface area contributed by atoms with Gasteiger partial charge in [0.05, 0.1) is 27.5 Å². The second-order valence-electron chi connectivity index (χ2n) is 11.6. The van der Waals surface area contributed by atoms with Crippen molar-refractivity contribution in [2.24, 2.45) is 0 Å². The fourth-order valence-electron chi connectivity index (χ4n) is 5.46. The van der Waals surface area contributed by atoms with Crippen LogP contribution < -0.4 is 18.9 Å². The molecule has 6 nitrogen and oxygen atoms in total. The van der Waals surface area contributed by atoms with E-state index >= 15 is 0 Å². The van der Waals surface area contributed by atoms with E-state index in [1.54, 1.807) is 0 Å². The van der Waals surface area contributed by atoms with Crippen molar-refractivity contribution in [3.8, 4) is 23.0 Å². The highest BCUT2D eigenvalue weighted by atomic mass is 127. The van der Waals surface area contributed by atoms with Crippen LogP contribution in [0.1, 0.15) is 60.8 Å². The van der Waals surface area contributed by atoms with E-state index in [4.69, 9.17) is 28.4 Å². The SMILES string of the molecule is Ic1cc(COc2ccc(Cc3ccc(OCc4cc(I)c(OC5CCCCO5)c(I)c4)cc3)cc2)cc(I)c1OC1CCCCO1. The van der Waals surface area contributed by atoms with Crippen LogP contribution in [0.5, 0.6) is 23.0 Å². The van der Waals surface area contributed by atoms with Gasteiger partial charge in [-0.1, -0.05) is 24.3 Å². The van der Waals surface area contributed by atoms with Crippen molar-refractivity contribution in [1.29, 1.82) is 0 Å². The maximum absolute atomic E-state index is 6.17. The molecule has 248 valence electrons. The first-order valence-electron chi connectivity index (χ1n) is 15.9. The summed E-state index contributed by atoms with van der Waals surface area (Å²) in [7, 11) is 0. The van der Waals surface area contributed by atoms with Crippen molar-refractivity contribution in [3.63, 3.8) is 0 Å². The maximum atomic E-state index is 6.17. The Balaban J connectivity index is 0.969. The van der Waals surface area contributed by atoms with Gasteiger partial charge in [-0.05, 0) is 193 Å². The van der Waals surface area contributed by atoms with Crippen LogP contribution in [0.3, 0.4) is 0 Å². The zero-order chi connectivity index (χ0) is 32.6. The third-order valence-corrected chi connectivity index (χ3v) is 11.2. The minimum absolute atomic E-state index is 0.150. The molecule has 2 fully saturated rings. The predicted molar refractivity (Wildman–Crippen MR) is 217 cm³/mol. The molecule has 6 rings (SSSR count). The summed E-state index contributed by atoms with van der Waals surface area (Å²) in [5, 5.41) is 0. The summed E-state index contributed by atoms with van der Waals surface area (Å²) in [6.07, 6.45) is 6.93. The van der Waals surface area contributed by atoms with Crippen LogP contribution in [-0.2, 0) is 29.1 Å². The number of ether oxygens (including phenoxy) is 6. The third-order valence-electron chi connectivity index (χ3n) is 7.96. The van der Waals surface area contributed by atoms with Crippen molar-refractivity contribution >= 4 is 90.4 Å². The number of hydrogen-bond donors (Lipinski definition) is 0. The Morgan fingerprint density at radius 3 is 1.23 bits per heavy atom. The summed E-state index contributed by atoms with van der Waals surface area (Å²) in [4.78, 5) is 0. The van der Waals surface area contributed by atoms with Gasteiger partial charge in [-0.2, -0.15) is 0 Å². The fraction of sp³-hybridized carbons (Fsp3) is 0.351. The van der Waals surface area contributed by atoms with Crippen molar-refractivity contribution in [2.75, 3.05) is 13.2 Å². The van der Waals surface area contributed by atoms with Crippen molar-refractivity contribution < 1.29 is 28.4 Å². The summed E-state index contributed by atoms with van der Waals surface area (Å²) < 4.78 is 40.4. The second kappa shape index (κ2) is 17.7. The van der Waals surface area contributed by atoms with Gasteiger partial charge >= 0.3 is 0 Å². The molecular formula is C37H36I4O6. The molecule has 0 amide bonds. The van der Waals surface area contributed by atoms with Gasteiger partial charge in [0.1, 0.15) is 36.2 Å². The van der Waals surface area contributed by atoms with Crippen LogP contribution in [0.2, 0.25) is 0 Å². The number of halogens is 4. The Morgan fingerprint density at radius 1 is 0.511 bits per heavy atom. The summed E-state index contributed by atoms with van der Waals surface area (Å²) in [6.45, 7) is 2.54. The molecule has 10 heteroatoms. The Labute approximate surface area is 331 Å². The summed E-state index contributed by atoms with van der Waals surface area (Å²) >= 11 is 9.36. The number of benzene rings is 4. The van der Waals surface area contributed by atoms with E-state index in [1.807, 2.05) is 24.3 Å². The molecule has 0 bridgehead atoms. The van der Waals surface area contributed by atoms with E-state index in [2.05, 4.69) is 139 Å². The molecule has 0 aromatic heterocycles. The molecule has 0 aliphatic carbocycles. The molecule has 0 saturated carbocycles. The Hall–Kier alpha value is -1.08. The Kier molecular flexibility index (Phi) is 13.5. The molecule has 0 spiro atoms. The number of hydrogen-bond acceptors (Lipinski definition) is 6. The zero-order valence-electron chi connectivity index (χ0n) is 25.8. The van der Waals surface area contributed by atoms with Crippen LogP contribution in [-0.4, -0.2) is 25.8 Å². The lowest BCUT2D eigenvalue weighted by molar-refractivity contribution is -0.106. The van der Waals surface area contributed by atoms with Gasteiger partial charge in [-0.3, -0.25) is 0 Å². The van der Waals surface area contributed by atoms with Gasteiger partial charge < -0.3 is 28.4 Å². The predicted octanol–water partition coefficient (Wildman–Crippen LogP) is 10.7. The van der Waals surface area contributed by atoms with Crippen molar-refractivity contribution in [1.82, 2.24) is 0 Å². The highest BCUT2D eigenvalue weighted by molar-refractivity contribution is 14.1. The average molecular weight is 1080 g/mol. The lowest BCUT2D eigenvalue weighted by atomic mass is 10.0. The molecule has 4 aromatic rings. The molecule has 4 aromatic carbocycles. The molecule has 2 unspecified atom stereocenters. The summed E-state index contributed by atoms with van der Waals surface area (Å²) in [5.41, 5.74) is 4.68. The Bertz CT molecular complexity index is 1450. The maximum Gasteiger partial charge on any atom is 0.199 e. The van der Waals surface area contributed by atoms with E-state index in [1.165, 1.54) is 11.1 Å². The highest BCUT2D eigenvalue weighted by Crippen LogP contribution is 2.33. The molecule has 2 aliphatic rings. The van der Waals surface area contributed by atoms with Crippen molar-refractivity contribution in [2.45, 2.75) is 70.7 Å². The molecule has 2 atom stereocenters. The van der Waals surface area contributed by atoms with E-state index in [-0.39, 0.29) is 12.6 Å². The number of rotatable bonds is 12. The summed E-state index contributed by atoms with van der Waals surface area (Å²) in [5.74, 6) is 3.50. The molecule has 0 radical (unpaired) electrons. The smallest absolute Gasteiger partial charge is 0.199 e. The Morgan fingerprint density at radius 2 is 0.894 bits per heavy atom. The van der Waals surface area contributed by atoms with Gasteiger partial charge in [-0.25, -0.2) is 0 Å². The van der Waals surface area contributed by atoms with Crippen LogP contribution in [0.4, 0.5) is 0 Å². The van der Waals surface area contributed by atoms with Gasteiger partial charge in [0.25, 0.3) is 0 Å². The molecule has 47 heavy (non-hydrogen) atoms. The van der Waals surface area contributed by atoms with Crippen molar-refractivity contribution in [3.05, 3.63) is 109 Å². The van der Waals surface area contributed by atoms with Gasteiger partial charge in [-0.15, -0.1) is 0 Å². The molecule has 2 heterocycles. The van der Waals surface area contributed by atoms with Gasteiger partial charge in [0.15, 0.2) is 12.6 Å². The van der Waals surface area contributed by atoms with Gasteiger partial charge in [0, 0.05) is 12.8 Å². The normalized spacial score (nSPS) is 18.0. The van der Waals surface area contributed by atoms with Crippen LogP contribution in [0.15, 0.2) is 72.8 Å². The standard InChI is InChI=1S/C37H36I4O6/c38-30-18-26(19-31(39)36(30)46-34-5-1-3-15-42-34)22-44-28-11-7-24(8-12-28)17-25-9-13-29(14-10-25)45-23-27-20-32(40)37(33(41)21-27)47-35-6-2-4-16-43-35/h7-14,18-21,34-35H,1-6,15-17,22-23H2. The molecule has 2 aliphatic heterocycles. The first-order chi connectivity index (χ1) is 22.9. The topological polar surface area (TPSA) is 55.4 Å². The minimum atomic E-state index is -0.150. The molecular weight excluding hydrogens is 1050 g/mol. The molecule has 0 N–H and O–H groups in total.